The molecule has 0 fully saturated rings. The first-order chi connectivity index (χ1) is 11.6. The van der Waals surface area contributed by atoms with Gasteiger partial charge in [-0.3, -0.25) is 14.9 Å². The Morgan fingerprint density at radius 2 is 2.21 bits per heavy atom. The molecule has 0 bridgehead atoms. The number of nitro benzene ring substituents is 1. The first-order valence-electron chi connectivity index (χ1n) is 7.37. The molecule has 7 heteroatoms. The van der Waals surface area contributed by atoms with Crippen LogP contribution in [-0.2, 0) is 11.3 Å². The number of carbonyl (C=O) groups is 1. The van der Waals surface area contributed by atoms with Crippen molar-refractivity contribution in [1.29, 1.82) is 0 Å². The second kappa shape index (κ2) is 8.42. The molecule has 1 aromatic carbocycles. The number of pyridine rings is 1. The molecule has 0 aliphatic rings. The van der Waals surface area contributed by atoms with Crippen molar-refractivity contribution in [2.24, 2.45) is 0 Å². The van der Waals surface area contributed by atoms with Gasteiger partial charge in [0.1, 0.15) is 0 Å². The van der Waals surface area contributed by atoms with Gasteiger partial charge >= 0.3 is 0 Å². The van der Waals surface area contributed by atoms with Gasteiger partial charge < -0.3 is 10.1 Å². The number of hydrogen-bond donors (Lipinski definition) is 1. The summed E-state index contributed by atoms with van der Waals surface area (Å²) in [5.41, 5.74) is 1.33. The molecule has 1 aromatic heterocycles. The number of nitro groups is 1. The Labute approximate surface area is 139 Å². The highest BCUT2D eigenvalue weighted by molar-refractivity contribution is 5.91. The summed E-state index contributed by atoms with van der Waals surface area (Å²) in [6, 6.07) is 9.64. The van der Waals surface area contributed by atoms with E-state index in [9.17, 15) is 14.9 Å². The Kier molecular flexibility index (Phi) is 6.01. The van der Waals surface area contributed by atoms with Gasteiger partial charge in [0.2, 0.25) is 11.8 Å². The molecular formula is C17H17N3O4. The number of ether oxygens (including phenoxy) is 1. The zero-order valence-corrected chi connectivity index (χ0v) is 13.1. The minimum Gasteiger partial charge on any atom is -0.478 e. The molecule has 1 amide bonds. The quantitative estimate of drug-likeness (QED) is 0.479. The van der Waals surface area contributed by atoms with Crippen LogP contribution in [-0.4, -0.2) is 22.4 Å². The Morgan fingerprint density at radius 1 is 1.38 bits per heavy atom. The highest BCUT2D eigenvalue weighted by Crippen LogP contribution is 2.15. The van der Waals surface area contributed by atoms with E-state index in [4.69, 9.17) is 4.74 Å². The first kappa shape index (κ1) is 17.1. The Bertz CT molecular complexity index is 759. The van der Waals surface area contributed by atoms with Crippen LogP contribution in [0.1, 0.15) is 18.1 Å². The van der Waals surface area contributed by atoms with Crippen molar-refractivity contribution >= 4 is 17.7 Å². The van der Waals surface area contributed by atoms with Crippen LogP contribution < -0.4 is 10.1 Å². The number of nitrogens with zero attached hydrogens (tertiary/aromatic N) is 2. The summed E-state index contributed by atoms with van der Waals surface area (Å²) in [6.07, 6.45) is 4.48. The molecule has 1 N–H and O–H groups in total. The minimum absolute atomic E-state index is 0.0192. The van der Waals surface area contributed by atoms with Gasteiger partial charge in [0.25, 0.3) is 5.69 Å². The predicted octanol–water partition coefficient (Wildman–Crippen LogP) is 2.72. The lowest BCUT2D eigenvalue weighted by molar-refractivity contribution is -0.384. The van der Waals surface area contributed by atoms with Gasteiger partial charge in [0.05, 0.1) is 11.5 Å². The Morgan fingerprint density at radius 3 is 2.96 bits per heavy atom. The molecule has 0 aliphatic carbocycles. The fourth-order valence-corrected chi connectivity index (χ4v) is 1.98. The lowest BCUT2D eigenvalue weighted by Gasteiger charge is -2.08. The molecule has 0 atom stereocenters. The molecule has 2 aromatic rings. The van der Waals surface area contributed by atoms with E-state index in [1.54, 1.807) is 24.4 Å². The molecule has 124 valence electrons. The van der Waals surface area contributed by atoms with Crippen LogP contribution in [0, 0.1) is 10.1 Å². The summed E-state index contributed by atoms with van der Waals surface area (Å²) in [4.78, 5) is 26.2. The van der Waals surface area contributed by atoms with Crippen LogP contribution in [0.2, 0.25) is 0 Å². The Hall–Kier alpha value is -3.22. The molecule has 1 heterocycles. The van der Waals surface area contributed by atoms with Crippen LogP contribution >= 0.6 is 0 Å². The molecule has 2 rings (SSSR count). The molecule has 0 aliphatic heterocycles. The van der Waals surface area contributed by atoms with Crippen LogP contribution in [0.15, 0.2) is 48.7 Å². The van der Waals surface area contributed by atoms with E-state index in [-0.39, 0.29) is 18.1 Å². The van der Waals surface area contributed by atoms with E-state index in [1.807, 2.05) is 13.0 Å². The molecule has 0 unspecified atom stereocenters. The number of benzene rings is 1. The summed E-state index contributed by atoms with van der Waals surface area (Å²) in [7, 11) is 0. The molecular weight excluding hydrogens is 310 g/mol. The zero-order chi connectivity index (χ0) is 17.4. The van der Waals surface area contributed by atoms with Gasteiger partial charge in [-0.25, -0.2) is 4.98 Å². The van der Waals surface area contributed by atoms with E-state index in [1.165, 1.54) is 24.3 Å². The average molecular weight is 327 g/mol. The SMILES string of the molecule is CCOc1ncccc1CNC(=O)C=Cc1cccc([N+](=O)[O-])c1. The second-order valence-corrected chi connectivity index (χ2v) is 4.80. The molecule has 24 heavy (non-hydrogen) atoms. The van der Waals surface area contributed by atoms with E-state index in [0.29, 0.717) is 18.1 Å². The van der Waals surface area contributed by atoms with Gasteiger partial charge in [0, 0.05) is 36.5 Å². The van der Waals surface area contributed by atoms with Crippen LogP contribution in [0.4, 0.5) is 5.69 Å². The summed E-state index contributed by atoms with van der Waals surface area (Å²) >= 11 is 0. The monoisotopic (exact) mass is 327 g/mol. The van der Waals surface area contributed by atoms with Crippen LogP contribution in [0.3, 0.4) is 0 Å². The lowest BCUT2D eigenvalue weighted by Crippen LogP contribution is -2.20. The number of nitrogens with one attached hydrogen (secondary N) is 1. The van der Waals surface area contributed by atoms with Crippen molar-refractivity contribution in [2.45, 2.75) is 13.5 Å². The van der Waals surface area contributed by atoms with E-state index in [2.05, 4.69) is 10.3 Å². The third-order valence-corrected chi connectivity index (χ3v) is 3.09. The lowest BCUT2D eigenvalue weighted by atomic mass is 10.2. The van der Waals surface area contributed by atoms with Crippen molar-refractivity contribution in [1.82, 2.24) is 10.3 Å². The van der Waals surface area contributed by atoms with E-state index in [0.717, 1.165) is 5.56 Å². The molecule has 0 spiro atoms. The third-order valence-electron chi connectivity index (χ3n) is 3.09. The largest absolute Gasteiger partial charge is 0.478 e. The van der Waals surface area contributed by atoms with Crippen molar-refractivity contribution in [3.63, 3.8) is 0 Å². The smallest absolute Gasteiger partial charge is 0.270 e. The van der Waals surface area contributed by atoms with E-state index >= 15 is 0 Å². The van der Waals surface area contributed by atoms with Crippen molar-refractivity contribution in [3.8, 4) is 5.88 Å². The van der Waals surface area contributed by atoms with Crippen molar-refractivity contribution < 1.29 is 14.5 Å². The minimum atomic E-state index is -0.477. The normalized spacial score (nSPS) is 10.5. The molecule has 7 nitrogen and oxygen atoms in total. The second-order valence-electron chi connectivity index (χ2n) is 4.80. The molecule has 0 saturated heterocycles. The van der Waals surface area contributed by atoms with Crippen molar-refractivity contribution in [3.05, 3.63) is 69.9 Å². The van der Waals surface area contributed by atoms with E-state index < -0.39 is 4.92 Å². The zero-order valence-electron chi connectivity index (χ0n) is 13.1. The summed E-state index contributed by atoms with van der Waals surface area (Å²) in [5, 5.41) is 13.4. The third kappa shape index (κ3) is 4.91. The van der Waals surface area contributed by atoms with Crippen LogP contribution in [0.5, 0.6) is 5.88 Å². The highest BCUT2D eigenvalue weighted by Gasteiger charge is 2.06. The fraction of sp³-hybridized carbons (Fsp3) is 0.176. The molecule has 0 radical (unpaired) electrons. The van der Waals surface area contributed by atoms with Crippen molar-refractivity contribution in [2.75, 3.05) is 6.61 Å². The van der Waals surface area contributed by atoms with Gasteiger partial charge in [-0.05, 0) is 24.6 Å². The topological polar surface area (TPSA) is 94.4 Å². The van der Waals surface area contributed by atoms with Gasteiger partial charge in [-0.1, -0.05) is 18.2 Å². The number of carbonyl (C=O) groups excluding carboxylic acids is 1. The highest BCUT2D eigenvalue weighted by atomic mass is 16.6. The summed E-state index contributed by atoms with van der Waals surface area (Å²) < 4.78 is 5.39. The first-order valence-corrected chi connectivity index (χ1v) is 7.37. The van der Waals surface area contributed by atoms with Gasteiger partial charge in [-0.2, -0.15) is 0 Å². The standard InChI is InChI=1S/C17H17N3O4/c1-2-24-17-14(6-4-10-18-17)12-19-16(21)9-8-13-5-3-7-15(11-13)20(22)23/h3-11H,2,12H2,1H3,(H,19,21). The van der Waals surface area contributed by atoms with Crippen LogP contribution in [0.25, 0.3) is 6.08 Å². The predicted molar refractivity (Wildman–Crippen MR) is 89.4 cm³/mol. The number of aromatic nitrogens is 1. The number of non-ortho nitro benzene ring substituents is 1. The van der Waals surface area contributed by atoms with Gasteiger partial charge in [0.15, 0.2) is 0 Å². The number of amides is 1. The number of rotatable bonds is 7. The summed E-state index contributed by atoms with van der Waals surface area (Å²) in [5.74, 6) is 0.177. The average Bonchev–Trinajstić information content (AvgIpc) is 2.59. The molecule has 0 saturated carbocycles. The maximum atomic E-state index is 11.9. The number of hydrogen-bond acceptors (Lipinski definition) is 5. The fourth-order valence-electron chi connectivity index (χ4n) is 1.98. The van der Waals surface area contributed by atoms with Gasteiger partial charge in [-0.15, -0.1) is 0 Å². The maximum absolute atomic E-state index is 11.9. The maximum Gasteiger partial charge on any atom is 0.270 e. The Balaban J connectivity index is 1.96. The summed E-state index contributed by atoms with van der Waals surface area (Å²) in [6.45, 7) is 2.63.